The predicted octanol–water partition coefficient (Wildman–Crippen LogP) is 7.92. The first-order chi connectivity index (χ1) is 20.1. The molecule has 0 aliphatic heterocycles. The number of nitrogens with zero attached hydrogens (tertiary/aromatic N) is 1. The molecule has 6 heteroatoms. The SMILES string of the molecule is C=CC(F)CC[C@@H](CO[Si](c1ccccc1)(c1ccccc1)C(C)(C)C)N(CCC(C)C)C(=O)OCc1ccccc1. The Kier molecular flexibility index (Phi) is 12.6. The summed E-state index contributed by atoms with van der Waals surface area (Å²) in [4.78, 5) is 15.5. The van der Waals surface area contributed by atoms with Gasteiger partial charge in [-0.15, -0.1) is 6.58 Å². The van der Waals surface area contributed by atoms with E-state index in [4.69, 9.17) is 9.16 Å². The van der Waals surface area contributed by atoms with Gasteiger partial charge in [-0.2, -0.15) is 0 Å². The molecule has 2 atom stereocenters. The maximum Gasteiger partial charge on any atom is 0.410 e. The van der Waals surface area contributed by atoms with Crippen LogP contribution in [0.2, 0.25) is 5.04 Å². The number of halogens is 1. The van der Waals surface area contributed by atoms with Crippen LogP contribution in [0, 0.1) is 5.92 Å². The quantitative estimate of drug-likeness (QED) is 0.134. The van der Waals surface area contributed by atoms with Crippen molar-refractivity contribution >= 4 is 24.8 Å². The molecule has 1 unspecified atom stereocenters. The van der Waals surface area contributed by atoms with Gasteiger partial charge in [0.25, 0.3) is 8.32 Å². The lowest BCUT2D eigenvalue weighted by atomic mass is 10.1. The number of alkyl halides is 1. The molecule has 0 aliphatic rings. The van der Waals surface area contributed by atoms with Crippen LogP contribution in [0.4, 0.5) is 9.18 Å². The van der Waals surface area contributed by atoms with Gasteiger partial charge in [0, 0.05) is 6.54 Å². The van der Waals surface area contributed by atoms with Gasteiger partial charge in [0.05, 0.1) is 12.6 Å². The van der Waals surface area contributed by atoms with Crippen molar-refractivity contribution in [1.82, 2.24) is 4.90 Å². The van der Waals surface area contributed by atoms with Crippen molar-refractivity contribution in [2.75, 3.05) is 13.2 Å². The third-order valence-corrected chi connectivity index (χ3v) is 12.8. The van der Waals surface area contributed by atoms with E-state index < -0.39 is 20.6 Å². The van der Waals surface area contributed by atoms with E-state index in [1.165, 1.54) is 6.08 Å². The number of carbonyl (C=O) groups is 1. The van der Waals surface area contributed by atoms with Gasteiger partial charge in [-0.05, 0) is 46.2 Å². The topological polar surface area (TPSA) is 38.8 Å². The smallest absolute Gasteiger partial charge is 0.410 e. The predicted molar refractivity (Wildman–Crippen MR) is 174 cm³/mol. The van der Waals surface area contributed by atoms with Crippen molar-refractivity contribution in [2.45, 2.75) is 77.7 Å². The van der Waals surface area contributed by atoms with Crippen molar-refractivity contribution in [3.63, 3.8) is 0 Å². The zero-order valence-electron chi connectivity index (χ0n) is 26.0. The summed E-state index contributed by atoms with van der Waals surface area (Å²) in [6.45, 7) is 15.6. The Balaban J connectivity index is 2.00. The Labute approximate surface area is 253 Å². The van der Waals surface area contributed by atoms with Crippen LogP contribution in [-0.2, 0) is 15.8 Å². The minimum absolute atomic E-state index is 0.179. The molecule has 0 spiro atoms. The highest BCUT2D eigenvalue weighted by Gasteiger charge is 2.50. The maximum absolute atomic E-state index is 14.5. The van der Waals surface area contributed by atoms with Crippen LogP contribution in [0.5, 0.6) is 0 Å². The number of allylic oxidation sites excluding steroid dienone is 1. The summed E-state index contributed by atoms with van der Waals surface area (Å²) in [6.07, 6.45) is 1.26. The van der Waals surface area contributed by atoms with Crippen LogP contribution < -0.4 is 10.4 Å². The van der Waals surface area contributed by atoms with Crippen molar-refractivity contribution in [3.8, 4) is 0 Å². The van der Waals surface area contributed by atoms with Gasteiger partial charge in [0.15, 0.2) is 0 Å². The number of carbonyl (C=O) groups excluding carboxylic acids is 1. The van der Waals surface area contributed by atoms with Gasteiger partial charge < -0.3 is 14.1 Å². The van der Waals surface area contributed by atoms with Crippen molar-refractivity contribution in [2.24, 2.45) is 5.92 Å². The molecule has 0 saturated carbocycles. The molecule has 0 bridgehead atoms. The first-order valence-electron chi connectivity index (χ1n) is 15.1. The zero-order chi connectivity index (χ0) is 30.6. The van der Waals surface area contributed by atoms with E-state index in [1.807, 2.05) is 42.5 Å². The summed E-state index contributed by atoms with van der Waals surface area (Å²) in [5.41, 5.74) is 0.922. The Morgan fingerprint density at radius 3 is 1.88 bits per heavy atom. The van der Waals surface area contributed by atoms with E-state index in [1.54, 1.807) is 4.90 Å². The number of rotatable bonds is 15. The Hall–Kier alpha value is -3.22. The fraction of sp³-hybridized carbons (Fsp3) is 0.417. The normalized spacial score (nSPS) is 13.4. The van der Waals surface area contributed by atoms with E-state index in [9.17, 15) is 9.18 Å². The summed E-state index contributed by atoms with van der Waals surface area (Å²) in [5.74, 6) is 0.384. The Bertz CT molecular complexity index is 1180. The lowest BCUT2D eigenvalue weighted by Gasteiger charge is -2.44. The molecule has 0 heterocycles. The minimum Gasteiger partial charge on any atom is -0.445 e. The van der Waals surface area contributed by atoms with Crippen molar-refractivity contribution in [1.29, 1.82) is 0 Å². The van der Waals surface area contributed by atoms with Gasteiger partial charge in [-0.25, -0.2) is 9.18 Å². The van der Waals surface area contributed by atoms with Crippen molar-refractivity contribution in [3.05, 3.63) is 109 Å². The molecule has 0 aromatic heterocycles. The van der Waals surface area contributed by atoms with Crippen LogP contribution >= 0.6 is 0 Å². The average molecular weight is 590 g/mol. The van der Waals surface area contributed by atoms with Gasteiger partial charge in [-0.1, -0.05) is 132 Å². The van der Waals surface area contributed by atoms with Gasteiger partial charge in [0.1, 0.15) is 12.8 Å². The molecule has 42 heavy (non-hydrogen) atoms. The first kappa shape index (κ1) is 33.3. The molecule has 0 radical (unpaired) electrons. The molecule has 0 saturated heterocycles. The van der Waals surface area contributed by atoms with Crippen LogP contribution in [-0.4, -0.2) is 44.7 Å². The third-order valence-electron chi connectivity index (χ3n) is 7.77. The summed E-state index contributed by atoms with van der Waals surface area (Å²) in [7, 11) is -2.87. The monoisotopic (exact) mass is 589 g/mol. The number of amides is 1. The second kappa shape index (κ2) is 15.9. The fourth-order valence-corrected chi connectivity index (χ4v) is 10.0. The molecule has 0 aliphatic carbocycles. The second-order valence-electron chi connectivity index (χ2n) is 12.4. The van der Waals surface area contributed by atoms with Crippen LogP contribution in [0.3, 0.4) is 0 Å². The molecular formula is C36H48FNO3Si. The largest absolute Gasteiger partial charge is 0.445 e. The number of hydrogen-bond acceptors (Lipinski definition) is 3. The Morgan fingerprint density at radius 1 is 0.881 bits per heavy atom. The molecule has 4 nitrogen and oxygen atoms in total. The molecule has 1 amide bonds. The fourth-order valence-electron chi connectivity index (χ4n) is 5.40. The van der Waals surface area contributed by atoms with Gasteiger partial charge >= 0.3 is 6.09 Å². The molecule has 3 aromatic carbocycles. The van der Waals surface area contributed by atoms with E-state index >= 15 is 0 Å². The van der Waals surface area contributed by atoms with Crippen LogP contribution in [0.15, 0.2) is 104 Å². The molecule has 226 valence electrons. The van der Waals surface area contributed by atoms with Crippen molar-refractivity contribution < 1.29 is 18.3 Å². The average Bonchev–Trinajstić information content (AvgIpc) is 2.99. The first-order valence-corrected chi connectivity index (χ1v) is 17.0. The summed E-state index contributed by atoms with van der Waals surface area (Å²) in [6, 6.07) is 30.2. The molecular weight excluding hydrogens is 541 g/mol. The lowest BCUT2D eigenvalue weighted by molar-refractivity contribution is 0.0600. The van der Waals surface area contributed by atoms with Gasteiger partial charge in [-0.3, -0.25) is 0 Å². The van der Waals surface area contributed by atoms with Crippen LogP contribution in [0.1, 0.15) is 59.4 Å². The lowest BCUT2D eigenvalue weighted by Crippen LogP contribution is -2.67. The summed E-state index contributed by atoms with van der Waals surface area (Å²) in [5, 5.41) is 2.11. The molecule has 0 fully saturated rings. The second-order valence-corrected chi connectivity index (χ2v) is 16.7. The summed E-state index contributed by atoms with van der Waals surface area (Å²) < 4.78 is 27.6. The highest BCUT2D eigenvalue weighted by Crippen LogP contribution is 2.37. The van der Waals surface area contributed by atoms with E-state index in [0.717, 1.165) is 22.4 Å². The van der Waals surface area contributed by atoms with E-state index in [-0.39, 0.29) is 30.7 Å². The standard InChI is InChI=1S/C36H48FNO3Si/c1-7-31(37)23-24-32(38(26-25-29(2)3)35(39)40-27-30-17-11-8-12-18-30)28-41-42(36(4,5)6,33-19-13-9-14-20-33)34-21-15-10-16-22-34/h7-22,29,31-32H,1,23-28H2,2-6H3/t31?,32-/m0/s1. The van der Waals surface area contributed by atoms with Gasteiger partial charge in [0.2, 0.25) is 0 Å². The van der Waals surface area contributed by atoms with Crippen LogP contribution in [0.25, 0.3) is 0 Å². The number of hydrogen-bond donors (Lipinski definition) is 0. The molecule has 3 aromatic rings. The third kappa shape index (κ3) is 8.89. The molecule has 3 rings (SSSR count). The summed E-state index contributed by atoms with van der Waals surface area (Å²) >= 11 is 0. The number of benzene rings is 3. The number of ether oxygens (including phenoxy) is 1. The maximum atomic E-state index is 14.5. The zero-order valence-corrected chi connectivity index (χ0v) is 27.0. The highest BCUT2D eigenvalue weighted by atomic mass is 28.4. The highest BCUT2D eigenvalue weighted by molar-refractivity contribution is 6.99. The van der Waals surface area contributed by atoms with E-state index in [0.29, 0.717) is 18.9 Å². The van der Waals surface area contributed by atoms with E-state index in [2.05, 4.69) is 89.7 Å². The minimum atomic E-state index is -2.87. The molecule has 0 N–H and O–H groups in total. The Morgan fingerprint density at radius 2 is 1.40 bits per heavy atom.